The molecule has 0 amide bonds. The second-order valence-electron chi connectivity index (χ2n) is 5.06. The number of rotatable bonds is 3. The van der Waals surface area contributed by atoms with Crippen molar-refractivity contribution in [1.29, 1.82) is 0 Å². The minimum absolute atomic E-state index is 0.213. The Labute approximate surface area is 127 Å². The smallest absolute Gasteiger partial charge is 0.123 e. The van der Waals surface area contributed by atoms with E-state index in [1.54, 1.807) is 35.6 Å². The second kappa shape index (κ2) is 5.70. The molecule has 0 saturated heterocycles. The molecule has 0 unspecified atom stereocenters. The Hall–Kier alpha value is -2.13. The first-order chi connectivity index (χ1) is 10.1. The van der Waals surface area contributed by atoms with Crippen molar-refractivity contribution in [3.63, 3.8) is 0 Å². The van der Waals surface area contributed by atoms with Crippen molar-refractivity contribution in [2.75, 3.05) is 0 Å². The topological polar surface area (TPSA) is 20.2 Å². The monoisotopic (exact) mass is 298 g/mol. The molecule has 106 valence electrons. The number of phenolic OH excluding ortho intramolecular Hbond substituents is 1. The lowest BCUT2D eigenvalue weighted by molar-refractivity contribution is 0.474. The molecule has 3 heteroatoms. The largest absolute Gasteiger partial charge is 0.508 e. The number of phenols is 1. The van der Waals surface area contributed by atoms with Crippen molar-refractivity contribution < 1.29 is 9.50 Å². The first kappa shape index (κ1) is 13.8. The lowest BCUT2D eigenvalue weighted by atomic mass is 10.0. The predicted molar refractivity (Wildman–Crippen MR) is 85.4 cm³/mol. The van der Waals surface area contributed by atoms with E-state index in [2.05, 4.69) is 12.1 Å². The van der Waals surface area contributed by atoms with Gasteiger partial charge in [0.05, 0.1) is 0 Å². The molecule has 1 nitrogen and oxygen atoms in total. The van der Waals surface area contributed by atoms with Gasteiger partial charge in [-0.15, -0.1) is 11.3 Å². The molecular formula is C18H15FOS. The Morgan fingerprint density at radius 3 is 2.48 bits per heavy atom. The zero-order valence-corrected chi connectivity index (χ0v) is 12.5. The summed E-state index contributed by atoms with van der Waals surface area (Å²) in [6.45, 7) is 2.00. The predicted octanol–water partition coefficient (Wildman–Crippen LogP) is 5.16. The summed E-state index contributed by atoms with van der Waals surface area (Å²) >= 11 is 1.71. The van der Waals surface area contributed by atoms with E-state index in [0.29, 0.717) is 5.75 Å². The van der Waals surface area contributed by atoms with E-state index in [4.69, 9.17) is 0 Å². The van der Waals surface area contributed by atoms with Gasteiger partial charge in [-0.25, -0.2) is 4.39 Å². The van der Waals surface area contributed by atoms with Gasteiger partial charge in [0.25, 0.3) is 0 Å². The summed E-state index contributed by atoms with van der Waals surface area (Å²) in [7, 11) is 0. The van der Waals surface area contributed by atoms with Crippen LogP contribution in [0.4, 0.5) is 4.39 Å². The van der Waals surface area contributed by atoms with Crippen molar-refractivity contribution in [3.05, 3.63) is 76.4 Å². The summed E-state index contributed by atoms with van der Waals surface area (Å²) in [5.41, 5.74) is 3.34. The van der Waals surface area contributed by atoms with Crippen LogP contribution in [-0.4, -0.2) is 5.11 Å². The molecule has 21 heavy (non-hydrogen) atoms. The van der Waals surface area contributed by atoms with Gasteiger partial charge >= 0.3 is 0 Å². The van der Waals surface area contributed by atoms with Crippen LogP contribution in [0, 0.1) is 12.7 Å². The van der Waals surface area contributed by atoms with Gasteiger partial charge in [0.15, 0.2) is 0 Å². The van der Waals surface area contributed by atoms with Crippen LogP contribution in [0.3, 0.4) is 0 Å². The van der Waals surface area contributed by atoms with Crippen LogP contribution in [0.15, 0.2) is 54.6 Å². The highest BCUT2D eigenvalue weighted by atomic mass is 32.1. The van der Waals surface area contributed by atoms with Gasteiger partial charge in [0, 0.05) is 16.2 Å². The van der Waals surface area contributed by atoms with E-state index in [1.165, 1.54) is 22.6 Å². The average Bonchev–Trinajstić information content (AvgIpc) is 2.91. The van der Waals surface area contributed by atoms with Crippen molar-refractivity contribution in [2.24, 2.45) is 0 Å². The molecule has 0 spiro atoms. The number of hydrogen-bond acceptors (Lipinski definition) is 2. The van der Waals surface area contributed by atoms with Crippen LogP contribution in [0.2, 0.25) is 0 Å². The molecule has 3 aromatic rings. The zero-order valence-electron chi connectivity index (χ0n) is 11.6. The summed E-state index contributed by atoms with van der Waals surface area (Å²) < 4.78 is 13.0. The Balaban J connectivity index is 1.83. The second-order valence-corrected chi connectivity index (χ2v) is 6.23. The minimum atomic E-state index is -0.213. The van der Waals surface area contributed by atoms with Crippen molar-refractivity contribution in [2.45, 2.75) is 13.3 Å². The maximum absolute atomic E-state index is 13.0. The van der Waals surface area contributed by atoms with E-state index in [0.717, 1.165) is 22.4 Å². The number of thiophene rings is 1. The third kappa shape index (κ3) is 3.14. The summed E-state index contributed by atoms with van der Waals surface area (Å²) in [6, 6.07) is 16.2. The minimum Gasteiger partial charge on any atom is -0.508 e. The normalized spacial score (nSPS) is 10.8. The molecule has 0 aliphatic rings. The van der Waals surface area contributed by atoms with Crippen molar-refractivity contribution >= 4 is 11.3 Å². The fraction of sp³-hybridized carbons (Fsp3) is 0.111. The van der Waals surface area contributed by atoms with Gasteiger partial charge < -0.3 is 5.11 Å². The van der Waals surface area contributed by atoms with Gasteiger partial charge in [-0.3, -0.25) is 0 Å². The van der Waals surface area contributed by atoms with E-state index in [-0.39, 0.29) is 5.82 Å². The fourth-order valence-corrected chi connectivity index (χ4v) is 3.34. The summed E-state index contributed by atoms with van der Waals surface area (Å²) in [5.74, 6) is 0.0877. The number of aromatic hydroxyl groups is 1. The molecule has 1 aromatic heterocycles. The van der Waals surface area contributed by atoms with E-state index in [1.807, 2.05) is 13.0 Å². The van der Waals surface area contributed by atoms with Gasteiger partial charge in [-0.1, -0.05) is 18.2 Å². The molecule has 0 saturated carbocycles. The molecule has 0 bridgehead atoms. The Morgan fingerprint density at radius 1 is 1.00 bits per heavy atom. The van der Waals surface area contributed by atoms with Crippen LogP contribution >= 0.6 is 11.3 Å². The molecule has 0 aliphatic carbocycles. The van der Waals surface area contributed by atoms with Gasteiger partial charge in [0.2, 0.25) is 0 Å². The maximum atomic E-state index is 13.0. The van der Waals surface area contributed by atoms with Crippen LogP contribution in [0.5, 0.6) is 5.75 Å². The maximum Gasteiger partial charge on any atom is 0.123 e. The highest BCUT2D eigenvalue weighted by Gasteiger charge is 2.06. The zero-order chi connectivity index (χ0) is 14.8. The fourth-order valence-electron chi connectivity index (χ4n) is 2.31. The Morgan fingerprint density at radius 2 is 1.76 bits per heavy atom. The van der Waals surface area contributed by atoms with E-state index >= 15 is 0 Å². The highest BCUT2D eigenvalue weighted by molar-refractivity contribution is 7.15. The molecule has 1 heterocycles. The molecule has 2 aromatic carbocycles. The molecule has 3 rings (SSSR count). The molecule has 0 radical (unpaired) electrons. The highest BCUT2D eigenvalue weighted by Crippen LogP contribution is 2.30. The standard InChI is InChI=1S/C18H15FOS/c1-12-10-16(20)7-4-14(12)11-17-8-9-18(21-17)13-2-5-15(19)6-3-13/h2-10,20H,11H2,1H3. The third-order valence-electron chi connectivity index (χ3n) is 3.48. The summed E-state index contributed by atoms with van der Waals surface area (Å²) in [4.78, 5) is 2.39. The lowest BCUT2D eigenvalue weighted by Crippen LogP contribution is -1.88. The first-order valence-corrected chi connectivity index (χ1v) is 7.56. The van der Waals surface area contributed by atoms with Crippen molar-refractivity contribution in [3.8, 4) is 16.2 Å². The number of aryl methyl sites for hydroxylation is 1. The van der Waals surface area contributed by atoms with Crippen molar-refractivity contribution in [1.82, 2.24) is 0 Å². The number of halogens is 1. The Kier molecular flexibility index (Phi) is 3.76. The SMILES string of the molecule is Cc1cc(O)ccc1Cc1ccc(-c2ccc(F)cc2)s1. The first-order valence-electron chi connectivity index (χ1n) is 6.75. The van der Waals surface area contributed by atoms with Gasteiger partial charge in [-0.2, -0.15) is 0 Å². The lowest BCUT2D eigenvalue weighted by Gasteiger charge is -2.04. The third-order valence-corrected chi connectivity index (χ3v) is 4.62. The molecule has 0 fully saturated rings. The van der Waals surface area contributed by atoms with Crippen LogP contribution in [0.25, 0.3) is 10.4 Å². The van der Waals surface area contributed by atoms with E-state index in [9.17, 15) is 9.50 Å². The van der Waals surface area contributed by atoms with Gasteiger partial charge in [-0.05, 0) is 60.0 Å². The number of hydrogen-bond donors (Lipinski definition) is 1. The number of benzene rings is 2. The molecular weight excluding hydrogens is 283 g/mol. The molecule has 0 atom stereocenters. The Bertz CT molecular complexity index is 759. The van der Waals surface area contributed by atoms with Crippen LogP contribution in [-0.2, 0) is 6.42 Å². The van der Waals surface area contributed by atoms with Crippen LogP contribution in [0.1, 0.15) is 16.0 Å². The van der Waals surface area contributed by atoms with Gasteiger partial charge in [0.1, 0.15) is 11.6 Å². The average molecular weight is 298 g/mol. The quantitative estimate of drug-likeness (QED) is 0.708. The van der Waals surface area contributed by atoms with Crippen LogP contribution < -0.4 is 0 Å². The molecule has 0 aliphatic heterocycles. The van der Waals surface area contributed by atoms with E-state index < -0.39 is 0 Å². The summed E-state index contributed by atoms with van der Waals surface area (Å²) in [6.07, 6.45) is 0.845. The summed E-state index contributed by atoms with van der Waals surface area (Å²) in [5, 5.41) is 9.45. The molecule has 1 N–H and O–H groups in total.